The zero-order chi connectivity index (χ0) is 28.3. The van der Waals surface area contributed by atoms with Crippen LogP contribution in [0.3, 0.4) is 0 Å². The Labute approximate surface area is 239 Å². The molecule has 0 bridgehead atoms. The summed E-state index contributed by atoms with van der Waals surface area (Å²) in [6, 6.07) is 24.9. The third-order valence-corrected chi connectivity index (χ3v) is 7.66. The number of halogens is 1. The Balaban J connectivity index is 1.55. The van der Waals surface area contributed by atoms with Crippen LogP contribution in [0.2, 0.25) is 0 Å². The van der Waals surface area contributed by atoms with Crippen LogP contribution >= 0.6 is 15.9 Å². The number of nitrogens with zero attached hydrogens (tertiary/aromatic N) is 1. The maximum Gasteiger partial charge on any atom is 0.330 e. The summed E-state index contributed by atoms with van der Waals surface area (Å²) in [7, 11) is 3.21. The summed E-state index contributed by atoms with van der Waals surface area (Å²) >= 11 is 3.15. The molecule has 2 heterocycles. The number of aromatic amines is 1. The average molecular weight is 609 g/mol. The molecule has 4 aromatic rings. The minimum atomic E-state index is -1.11. The summed E-state index contributed by atoms with van der Waals surface area (Å²) in [6.45, 7) is -0.0364. The van der Waals surface area contributed by atoms with Crippen molar-refractivity contribution in [2.75, 3.05) is 20.8 Å². The Morgan fingerprint density at radius 3 is 2.02 bits per heavy atom. The summed E-state index contributed by atoms with van der Waals surface area (Å²) in [5.74, 6) is 1.39. The Morgan fingerprint density at radius 1 is 0.925 bits per heavy atom. The molecular weight excluding hydrogens is 580 g/mol. The Kier molecular flexibility index (Phi) is 8.22. The highest BCUT2D eigenvalue weighted by atomic mass is 79.9. The summed E-state index contributed by atoms with van der Waals surface area (Å²) in [5, 5.41) is 10.9. The predicted octanol–water partition coefficient (Wildman–Crippen LogP) is 3.97. The number of aliphatic hydroxyl groups excluding tert-OH is 1. The van der Waals surface area contributed by atoms with Gasteiger partial charge in [0.05, 0.1) is 31.4 Å². The van der Waals surface area contributed by atoms with E-state index in [0.29, 0.717) is 11.5 Å². The number of methoxy groups -OCH3 is 2. The number of aromatic nitrogens is 2. The lowest BCUT2D eigenvalue weighted by Crippen LogP contribution is -2.39. The lowest BCUT2D eigenvalue weighted by atomic mass is 9.80. The molecule has 0 spiro atoms. The highest BCUT2D eigenvalue weighted by molar-refractivity contribution is 9.10. The SMILES string of the molecule is COc1ccc(C(OC[C@H]2O[C@@H](n3c(=O)[nH]cc(Br)c3=O)C[C@@H]2O)(c2ccccc2)c2ccc(OC)cc2)cc1. The van der Waals surface area contributed by atoms with Crippen molar-refractivity contribution in [3.05, 3.63) is 127 Å². The van der Waals surface area contributed by atoms with Gasteiger partial charge in [-0.25, -0.2) is 9.36 Å². The molecule has 10 heteroatoms. The van der Waals surface area contributed by atoms with E-state index in [2.05, 4.69) is 20.9 Å². The second-order valence-electron chi connectivity index (χ2n) is 9.36. The smallest absolute Gasteiger partial charge is 0.330 e. The highest BCUT2D eigenvalue weighted by Crippen LogP contribution is 2.42. The van der Waals surface area contributed by atoms with Gasteiger partial charge in [0.1, 0.15) is 29.4 Å². The van der Waals surface area contributed by atoms with Gasteiger partial charge in [0, 0.05) is 12.6 Å². The van der Waals surface area contributed by atoms with Gasteiger partial charge in [0.2, 0.25) is 0 Å². The predicted molar refractivity (Wildman–Crippen MR) is 152 cm³/mol. The van der Waals surface area contributed by atoms with Gasteiger partial charge >= 0.3 is 5.69 Å². The molecule has 1 aliphatic heterocycles. The first-order valence-electron chi connectivity index (χ1n) is 12.7. The van der Waals surface area contributed by atoms with Crippen LogP contribution in [0, 0.1) is 0 Å². The van der Waals surface area contributed by atoms with E-state index < -0.39 is 35.3 Å². The van der Waals surface area contributed by atoms with Crippen LogP contribution in [-0.4, -0.2) is 47.7 Å². The third kappa shape index (κ3) is 5.23. The Morgan fingerprint density at radius 2 is 1.48 bits per heavy atom. The first-order chi connectivity index (χ1) is 19.4. The lowest BCUT2D eigenvalue weighted by molar-refractivity contribution is -0.0949. The van der Waals surface area contributed by atoms with E-state index in [1.165, 1.54) is 6.20 Å². The molecule has 1 fully saturated rings. The van der Waals surface area contributed by atoms with Crippen LogP contribution in [0.15, 0.2) is 99.1 Å². The number of hydrogen-bond acceptors (Lipinski definition) is 7. The second kappa shape index (κ2) is 11.8. The number of rotatable bonds is 9. The first kappa shape index (κ1) is 27.9. The highest BCUT2D eigenvalue weighted by Gasteiger charge is 2.42. The van der Waals surface area contributed by atoms with E-state index >= 15 is 0 Å². The van der Waals surface area contributed by atoms with Crippen molar-refractivity contribution in [2.24, 2.45) is 0 Å². The molecule has 0 aliphatic carbocycles. The Hall–Kier alpha value is -3.70. The molecule has 1 saturated heterocycles. The normalized spacial score (nSPS) is 18.9. The lowest BCUT2D eigenvalue weighted by Gasteiger charge is -2.37. The quantitative estimate of drug-likeness (QED) is 0.276. The van der Waals surface area contributed by atoms with Gasteiger partial charge in [-0.3, -0.25) is 4.79 Å². The second-order valence-corrected chi connectivity index (χ2v) is 10.2. The molecule has 0 amide bonds. The zero-order valence-corrected chi connectivity index (χ0v) is 23.5. The maximum absolute atomic E-state index is 12.6. The minimum Gasteiger partial charge on any atom is -0.497 e. The molecule has 0 radical (unpaired) electrons. The number of benzene rings is 3. The van der Waals surface area contributed by atoms with Crippen LogP contribution in [0.25, 0.3) is 0 Å². The third-order valence-electron chi connectivity index (χ3n) is 7.09. The number of ether oxygens (including phenoxy) is 4. The van der Waals surface area contributed by atoms with Gasteiger partial charge in [-0.05, 0) is 56.9 Å². The van der Waals surface area contributed by atoms with Gasteiger partial charge < -0.3 is 29.0 Å². The standard InChI is InChI=1S/C30H29BrN2O7/c1-37-22-12-8-20(9-13-22)30(19-6-4-3-5-7-19,21-10-14-23(38-2)15-11-21)39-18-26-25(34)16-27(40-26)33-28(35)24(31)17-32-29(33)36/h3-15,17,25-27,34H,16,18H2,1-2H3,(H,32,36)/t25-,26+,27+/m0/s1. The van der Waals surface area contributed by atoms with Gasteiger partial charge in [0.25, 0.3) is 5.56 Å². The van der Waals surface area contributed by atoms with Crippen molar-refractivity contribution in [3.63, 3.8) is 0 Å². The fourth-order valence-corrected chi connectivity index (χ4v) is 5.34. The van der Waals surface area contributed by atoms with Crippen LogP contribution in [0.1, 0.15) is 29.3 Å². The van der Waals surface area contributed by atoms with Crippen LogP contribution < -0.4 is 20.7 Å². The van der Waals surface area contributed by atoms with Crippen molar-refractivity contribution in [1.82, 2.24) is 9.55 Å². The molecule has 0 unspecified atom stereocenters. The molecule has 208 valence electrons. The first-order valence-corrected chi connectivity index (χ1v) is 13.5. The molecule has 3 atom stereocenters. The van der Waals surface area contributed by atoms with Crippen LogP contribution in [0.4, 0.5) is 0 Å². The molecular formula is C30H29BrN2O7. The largest absolute Gasteiger partial charge is 0.497 e. The number of hydrogen-bond donors (Lipinski definition) is 2. The molecule has 1 aliphatic rings. The summed E-state index contributed by atoms with van der Waals surface area (Å²) in [5.41, 5.74) is 0.237. The van der Waals surface area contributed by atoms with E-state index in [-0.39, 0.29) is 17.5 Å². The molecule has 9 nitrogen and oxygen atoms in total. The van der Waals surface area contributed by atoms with Crippen LogP contribution in [0.5, 0.6) is 11.5 Å². The van der Waals surface area contributed by atoms with E-state index in [1.807, 2.05) is 78.9 Å². The van der Waals surface area contributed by atoms with Gasteiger partial charge in [-0.1, -0.05) is 54.6 Å². The van der Waals surface area contributed by atoms with Gasteiger partial charge in [-0.2, -0.15) is 0 Å². The molecule has 5 rings (SSSR count). The van der Waals surface area contributed by atoms with Crippen molar-refractivity contribution in [2.45, 2.75) is 30.5 Å². The molecule has 2 N–H and O–H groups in total. The van der Waals surface area contributed by atoms with Crippen LogP contribution in [-0.2, 0) is 15.1 Å². The maximum atomic E-state index is 12.6. The van der Waals surface area contributed by atoms with E-state index in [9.17, 15) is 14.7 Å². The molecule has 40 heavy (non-hydrogen) atoms. The van der Waals surface area contributed by atoms with Gasteiger partial charge in [-0.15, -0.1) is 0 Å². The van der Waals surface area contributed by atoms with E-state index in [1.54, 1.807) is 14.2 Å². The van der Waals surface area contributed by atoms with Crippen molar-refractivity contribution >= 4 is 15.9 Å². The number of aliphatic hydroxyl groups is 1. The van der Waals surface area contributed by atoms with Crippen molar-refractivity contribution in [3.8, 4) is 11.5 Å². The summed E-state index contributed by atoms with van der Waals surface area (Å²) < 4.78 is 24.8. The number of nitrogens with one attached hydrogen (secondary N) is 1. The molecule has 0 saturated carbocycles. The topological polar surface area (TPSA) is 112 Å². The number of H-pyrrole nitrogens is 1. The minimum absolute atomic E-state index is 0.0364. The van der Waals surface area contributed by atoms with E-state index in [0.717, 1.165) is 21.3 Å². The fourth-order valence-electron chi connectivity index (χ4n) is 5.03. The Bertz CT molecular complexity index is 1500. The summed E-state index contributed by atoms with van der Waals surface area (Å²) in [6.07, 6.45) is -1.40. The zero-order valence-electron chi connectivity index (χ0n) is 22.0. The monoisotopic (exact) mass is 608 g/mol. The molecule has 1 aromatic heterocycles. The average Bonchev–Trinajstić information content (AvgIpc) is 3.36. The van der Waals surface area contributed by atoms with Crippen molar-refractivity contribution in [1.29, 1.82) is 0 Å². The van der Waals surface area contributed by atoms with Crippen molar-refractivity contribution < 1.29 is 24.1 Å². The van der Waals surface area contributed by atoms with Gasteiger partial charge in [0.15, 0.2) is 0 Å². The van der Waals surface area contributed by atoms with E-state index in [4.69, 9.17) is 18.9 Å². The molecule has 3 aromatic carbocycles. The fraction of sp³-hybridized carbons (Fsp3) is 0.267. The summed E-state index contributed by atoms with van der Waals surface area (Å²) in [4.78, 5) is 27.6.